The summed E-state index contributed by atoms with van der Waals surface area (Å²) in [7, 11) is 2.24. The molecule has 0 saturated carbocycles. The molecule has 0 aliphatic carbocycles. The molecule has 4 aromatic heterocycles. The number of hydrogen-bond donors (Lipinski definition) is 2. The Labute approximate surface area is 796 Å². The molecular formula is C106H99BCu3N9O3P3Pt-4. The van der Waals surface area contributed by atoms with Crippen molar-refractivity contribution in [2.45, 2.75) is 34.4 Å². The Balaban J connectivity index is 0.000000232. The van der Waals surface area contributed by atoms with Gasteiger partial charge in [0.05, 0.1) is 17.3 Å². The summed E-state index contributed by atoms with van der Waals surface area (Å²) in [5, 5.41) is 36.8. The van der Waals surface area contributed by atoms with E-state index in [2.05, 4.69) is 258 Å². The van der Waals surface area contributed by atoms with E-state index in [-0.39, 0.29) is 83.8 Å². The molecule has 20 heteroatoms. The number of carbonyl (C=O) groups excluding carboxylic acids is 1. The van der Waals surface area contributed by atoms with Crippen LogP contribution in [0, 0.1) is 32.8 Å². The molecule has 0 fully saturated rings. The van der Waals surface area contributed by atoms with E-state index in [4.69, 9.17) is 15.2 Å². The maximum Gasteiger partial charge on any atom is 1.00 e. The summed E-state index contributed by atoms with van der Waals surface area (Å²) in [5.74, 6) is 5.75. The first kappa shape index (κ1) is 103. The van der Waals surface area contributed by atoms with Crippen LogP contribution < -0.4 is 57.1 Å². The van der Waals surface area contributed by atoms with Gasteiger partial charge in [0.25, 0.3) is 7.28 Å². The van der Waals surface area contributed by atoms with Crippen LogP contribution in [0.25, 0.3) is 44.8 Å². The zero-order chi connectivity index (χ0) is 85.4. The molecule has 0 amide bonds. The molecule has 3 radical (unpaired) electrons. The van der Waals surface area contributed by atoms with Crippen molar-refractivity contribution < 1.29 is 91.5 Å². The third-order valence-electron chi connectivity index (χ3n) is 17.5. The van der Waals surface area contributed by atoms with Gasteiger partial charge in [0.2, 0.25) is 6.67 Å². The first-order chi connectivity index (χ1) is 59.8. The molecule has 2 atom stereocenters. The predicted molar refractivity (Wildman–Crippen MR) is 519 cm³/mol. The summed E-state index contributed by atoms with van der Waals surface area (Å²) in [6.45, 7) is 20.1. The molecule has 5 heterocycles. The van der Waals surface area contributed by atoms with Crippen LogP contribution in [0.4, 0.5) is 22.7 Å². The monoisotopic (exact) mass is 2030 g/mol. The number of fused-ring (bicyclic) bond motifs is 1. The van der Waals surface area contributed by atoms with Crippen molar-refractivity contribution in [2.24, 2.45) is 5.92 Å². The summed E-state index contributed by atoms with van der Waals surface area (Å²) in [4.78, 5) is 22.8. The van der Waals surface area contributed by atoms with E-state index < -0.39 is 7.92 Å². The molecule has 651 valence electrons. The Morgan fingerprint density at radius 3 is 1.54 bits per heavy atom. The molecule has 0 saturated heterocycles. The smallest absolute Gasteiger partial charge is 0.774 e. The number of para-hydroxylation sites is 6. The van der Waals surface area contributed by atoms with Gasteiger partial charge in [-0.05, 0) is 126 Å². The van der Waals surface area contributed by atoms with E-state index in [9.17, 15) is 4.79 Å². The number of hydrogen-bond acceptors (Lipinski definition) is 8. The molecule has 1 aliphatic heterocycles. The van der Waals surface area contributed by atoms with Crippen molar-refractivity contribution in [1.29, 1.82) is 0 Å². The number of nitrogens with zero attached hydrogens (tertiary/aromatic N) is 8. The Bertz CT molecular complexity index is 5610. The molecule has 17 rings (SSSR count). The van der Waals surface area contributed by atoms with E-state index in [0.29, 0.717) is 20.2 Å². The summed E-state index contributed by atoms with van der Waals surface area (Å²) < 4.78 is 8.82. The quantitative estimate of drug-likeness (QED) is 0.0213. The van der Waals surface area contributed by atoms with Gasteiger partial charge < -0.3 is 40.9 Å². The van der Waals surface area contributed by atoms with Crippen LogP contribution in [0.15, 0.2) is 437 Å². The number of benzene rings is 12. The number of ketones is 1. The van der Waals surface area contributed by atoms with Crippen LogP contribution in [-0.4, -0.2) is 44.4 Å². The molecule has 0 spiro atoms. The molecule has 16 aromatic rings. The molecule has 126 heavy (non-hydrogen) atoms. The summed E-state index contributed by atoms with van der Waals surface area (Å²) >= 11 is 0. The maximum atomic E-state index is 10.0. The normalized spacial score (nSPS) is 11.1. The molecule has 0 bridgehead atoms. The van der Waals surface area contributed by atoms with Crippen LogP contribution in [0.3, 0.4) is 0 Å². The van der Waals surface area contributed by atoms with Crippen molar-refractivity contribution in [2.75, 3.05) is 6.16 Å². The first-order valence-corrected chi connectivity index (χ1v) is 43.7. The summed E-state index contributed by atoms with van der Waals surface area (Å²) in [6.07, 6.45) is 13.9. The zero-order valence-corrected chi connectivity index (χ0v) is 78.3. The van der Waals surface area contributed by atoms with E-state index in [1.807, 2.05) is 243 Å². The van der Waals surface area contributed by atoms with Gasteiger partial charge in [-0.25, -0.2) is 37.5 Å². The number of aliphatic hydroxyl groups is 1. The van der Waals surface area contributed by atoms with Crippen molar-refractivity contribution in [1.82, 2.24) is 30.5 Å². The fourth-order valence-corrected chi connectivity index (χ4v) is 16.6. The topological polar surface area (TPSA) is 156 Å². The van der Waals surface area contributed by atoms with Gasteiger partial charge in [-0.1, -0.05) is 268 Å². The molecule has 2 N–H and O–H groups in total. The minimum Gasteiger partial charge on any atom is -0.774 e. The number of rotatable bonds is 18. The maximum absolute atomic E-state index is 10.0. The SMILES string of the molecule is CC(=O)/C=C(/C)O.[B]1/C=C\C=C/NC[n+]2ccccc21.[CH2-]c1ccccc1[N-]c1ccccc1PCC(C)C.[CH2-]c1ccccc1[N-]c1ccccc1[CH2-].[Cu+].[Cu].[Cu].[Pt].[c-]1ccccc1-c1ccccn1.c1ccc(-c2n[n-]c(-c3ccccn3)n2)cc1.c1ccc(Pc2ccccc2Oc2ccccc2[PH+](c2ccccc2)c2ccccc2)cc1.c1ccccc1. The van der Waals surface area contributed by atoms with Gasteiger partial charge in [-0.3, -0.25) is 31.9 Å². The minimum absolute atomic E-state index is 0. The van der Waals surface area contributed by atoms with Gasteiger partial charge in [-0.15, -0.1) is 84.0 Å². The van der Waals surface area contributed by atoms with Crippen molar-refractivity contribution in [3.8, 4) is 45.7 Å². The summed E-state index contributed by atoms with van der Waals surface area (Å²) in [5.41, 5.74) is 11.6. The first-order valence-electron chi connectivity index (χ1n) is 40.0. The number of carbonyl (C=O) groups is 1. The predicted octanol–water partition coefficient (Wildman–Crippen LogP) is 22.5. The average Bonchev–Trinajstić information content (AvgIpc) is 0.951. The standard InChI is InChI=1S/C30H24OP2.C17H20NP.C14H12N.C13H9N4.C11H8N.C10H11BN2.C6H6.C5H8O2.3Cu.Pt/c1-4-14-24(15-5-1)32-29-22-12-10-20-27(29)31-28-21-11-13-23-30(28)33(25-16-6-2-7-17-25)26-18-8-3-9-19-26;1-13(2)12-19-17-11-7-6-10-16(17)18-15-9-5-4-8-14(15)3;1-11-7-3-5-9-13(11)15-14-10-6-4-8-12(14)2;1-2-6-10(7-3-1)12-15-13(17-16-12)11-8-4-5-9-14-11;1-2-6-10(7-3-1)11-8-4-5-9-12-11;1-4-8-13-9-12-7-3-2-6-11-10(13)5-1;1-2-4-6-5-3-1;1-4(6)3-5(2)7;;;;/h1-23,32H;4-11,13,19H,3,12H2,1-2H3;3-10H,1-2H2;1-9H;1-6,8-9H;1-8,12H,9H2;1-6H;3,6H,1-2H3;;;;/q;-2;-3;2*-1;+1;;;;;+1;/p+1/b;;;;;6-2-,7-3-;;4-3-;;;;. The average molecular weight is 2040 g/mol. The van der Waals surface area contributed by atoms with Gasteiger partial charge in [0, 0.05) is 91.2 Å². The Kier molecular flexibility index (Phi) is 48.5. The van der Waals surface area contributed by atoms with Crippen LogP contribution in [0.1, 0.15) is 44.4 Å². The number of aliphatic hydroxyl groups excluding tert-OH is 1. The number of ether oxygens (including phenoxy) is 1. The third-order valence-corrected chi connectivity index (χ3v) is 23.5. The molecule has 2 unspecified atom stereocenters. The fourth-order valence-electron chi connectivity index (χ4n) is 11.6. The van der Waals surface area contributed by atoms with Gasteiger partial charge in [-0.2, -0.15) is 22.8 Å². The number of nitrogens with one attached hydrogen (secondary N) is 1. The Morgan fingerprint density at radius 1 is 0.548 bits per heavy atom. The second-order valence-corrected chi connectivity index (χ2v) is 32.7. The second-order valence-electron chi connectivity index (χ2n) is 27.5. The second kappa shape index (κ2) is 59.3. The molecule has 12 aromatic carbocycles. The van der Waals surface area contributed by atoms with E-state index in [0.717, 1.165) is 94.6 Å². The van der Waals surface area contributed by atoms with Crippen LogP contribution >= 0.6 is 25.1 Å². The summed E-state index contributed by atoms with van der Waals surface area (Å²) in [6, 6.07) is 132. The third kappa shape index (κ3) is 36.5. The van der Waals surface area contributed by atoms with E-state index in [1.165, 1.54) is 63.5 Å². The minimum atomic E-state index is -1.22. The van der Waals surface area contributed by atoms with E-state index in [1.54, 1.807) is 12.4 Å². The molecule has 1 aliphatic rings. The Morgan fingerprint density at radius 2 is 1.02 bits per heavy atom. The van der Waals surface area contributed by atoms with Gasteiger partial charge >= 0.3 is 17.1 Å². The zero-order valence-electron chi connectivity index (χ0n) is 70.2. The van der Waals surface area contributed by atoms with Crippen molar-refractivity contribution in [3.05, 3.63) is 491 Å². The van der Waals surface area contributed by atoms with Crippen molar-refractivity contribution in [3.63, 3.8) is 0 Å². The largest absolute Gasteiger partial charge is 1.00 e. The van der Waals surface area contributed by atoms with Crippen LogP contribution in [0.2, 0.25) is 0 Å². The molecular weight excluding hydrogens is 1940 g/mol. The molecule has 12 nitrogen and oxygen atoms in total. The number of allylic oxidation sites excluding steroid dienone is 4. The van der Waals surface area contributed by atoms with E-state index >= 15 is 0 Å². The Hall–Kier alpha value is -11.7. The van der Waals surface area contributed by atoms with Crippen LogP contribution in [0.5, 0.6) is 11.5 Å². The van der Waals surface area contributed by atoms with Crippen molar-refractivity contribution >= 4 is 98.3 Å². The van der Waals surface area contributed by atoms with Gasteiger partial charge in [0.15, 0.2) is 17.7 Å². The van der Waals surface area contributed by atoms with Gasteiger partial charge in [0.1, 0.15) is 35.2 Å². The van der Waals surface area contributed by atoms with Crippen LogP contribution in [-0.2, 0) is 83.7 Å². The number of aromatic nitrogens is 6. The fraction of sp³-hybridized carbons (Fsp3) is 0.0660. The number of pyridine rings is 3.